The van der Waals surface area contributed by atoms with Crippen LogP contribution in [0.2, 0.25) is 0 Å². The summed E-state index contributed by atoms with van der Waals surface area (Å²) in [5.74, 6) is 0.0520. The quantitative estimate of drug-likeness (QED) is 0.651. The summed E-state index contributed by atoms with van der Waals surface area (Å²) in [7, 11) is 0. The largest absolute Gasteiger partial charge is 0.352 e. The van der Waals surface area contributed by atoms with E-state index in [0.717, 1.165) is 10.2 Å². The fourth-order valence-electron chi connectivity index (χ4n) is 2.31. The molecule has 2 N–H and O–H groups in total. The molecule has 0 aliphatic carbocycles. The average Bonchev–Trinajstić information content (AvgIpc) is 3.11. The van der Waals surface area contributed by atoms with E-state index in [0.29, 0.717) is 11.4 Å². The van der Waals surface area contributed by atoms with Crippen molar-refractivity contribution in [1.29, 1.82) is 0 Å². The van der Waals surface area contributed by atoms with Crippen LogP contribution in [0.3, 0.4) is 0 Å². The zero-order valence-corrected chi connectivity index (χ0v) is 15.4. The Morgan fingerprint density at radius 3 is 2.46 bits per heavy atom. The van der Waals surface area contributed by atoms with Crippen LogP contribution < -0.4 is 10.6 Å². The minimum Gasteiger partial charge on any atom is -0.352 e. The van der Waals surface area contributed by atoms with Crippen molar-refractivity contribution >= 4 is 33.6 Å². The molecule has 0 aliphatic rings. The highest BCUT2D eigenvalue weighted by atomic mass is 79.9. The molecule has 0 saturated carbocycles. The minimum atomic E-state index is -0.210. The Morgan fingerprint density at radius 2 is 1.73 bits per heavy atom. The Hall–Kier alpha value is -2.93. The lowest BCUT2D eigenvalue weighted by molar-refractivity contribution is -0.116. The smallest absolute Gasteiger partial charge is 0.251 e. The third-order valence-electron chi connectivity index (χ3n) is 3.62. The minimum absolute atomic E-state index is 0.167. The predicted octanol–water partition coefficient (Wildman–Crippen LogP) is 3.39. The lowest BCUT2D eigenvalue weighted by Crippen LogP contribution is -2.27. The van der Waals surface area contributed by atoms with Crippen LogP contribution in [0.5, 0.6) is 0 Å². The lowest BCUT2D eigenvalue weighted by atomic mass is 10.2. The first-order valence-electron chi connectivity index (χ1n) is 8.06. The second kappa shape index (κ2) is 8.44. The van der Waals surface area contributed by atoms with Crippen molar-refractivity contribution in [2.75, 3.05) is 11.9 Å². The number of hydrogen-bond donors (Lipinski definition) is 2. The standard InChI is InChI=1S/C19H17BrN4O2/c20-15-8-6-14(7-9-15)19(26)21-12-10-18(25)22-17-11-13-24(23-17)16-4-2-1-3-5-16/h1-9,11,13H,10,12H2,(H,21,26)(H,22,23,25). The Balaban J connectivity index is 1.46. The van der Waals surface area contributed by atoms with E-state index in [4.69, 9.17) is 0 Å². The second-order valence-electron chi connectivity index (χ2n) is 5.54. The second-order valence-corrected chi connectivity index (χ2v) is 6.46. The fourth-order valence-corrected chi connectivity index (χ4v) is 2.58. The summed E-state index contributed by atoms with van der Waals surface area (Å²) in [6, 6.07) is 18.4. The lowest BCUT2D eigenvalue weighted by Gasteiger charge is -2.06. The molecule has 132 valence electrons. The summed E-state index contributed by atoms with van der Waals surface area (Å²) < 4.78 is 2.59. The number of halogens is 1. The molecule has 0 radical (unpaired) electrons. The van der Waals surface area contributed by atoms with Gasteiger partial charge in [-0.2, -0.15) is 5.10 Å². The van der Waals surface area contributed by atoms with E-state index in [1.54, 1.807) is 41.2 Å². The molecule has 0 unspecified atom stereocenters. The van der Waals surface area contributed by atoms with Gasteiger partial charge in [0.1, 0.15) is 0 Å². The first-order valence-corrected chi connectivity index (χ1v) is 8.86. The highest BCUT2D eigenvalue weighted by Gasteiger charge is 2.08. The zero-order chi connectivity index (χ0) is 18.4. The van der Waals surface area contributed by atoms with Gasteiger partial charge >= 0.3 is 0 Å². The monoisotopic (exact) mass is 412 g/mol. The van der Waals surface area contributed by atoms with Crippen molar-refractivity contribution in [3.63, 3.8) is 0 Å². The van der Waals surface area contributed by atoms with E-state index in [1.807, 2.05) is 30.3 Å². The van der Waals surface area contributed by atoms with Crippen LogP contribution in [0, 0.1) is 0 Å². The number of para-hydroxylation sites is 1. The summed E-state index contributed by atoms with van der Waals surface area (Å²) in [4.78, 5) is 24.0. The van der Waals surface area contributed by atoms with Gasteiger partial charge < -0.3 is 10.6 Å². The first-order chi connectivity index (χ1) is 12.6. The van der Waals surface area contributed by atoms with Gasteiger partial charge in [-0.15, -0.1) is 0 Å². The third kappa shape index (κ3) is 4.80. The van der Waals surface area contributed by atoms with Gasteiger partial charge in [-0.25, -0.2) is 4.68 Å². The SMILES string of the molecule is O=C(CCNC(=O)c1ccc(Br)cc1)Nc1ccn(-c2ccccc2)n1. The predicted molar refractivity (Wildman–Crippen MR) is 103 cm³/mol. The van der Waals surface area contributed by atoms with Crippen LogP contribution in [0.1, 0.15) is 16.8 Å². The molecule has 0 aliphatic heterocycles. The molecule has 1 heterocycles. The maximum absolute atomic E-state index is 12.0. The van der Waals surface area contributed by atoms with Crippen LogP contribution in [0.4, 0.5) is 5.82 Å². The van der Waals surface area contributed by atoms with Crippen molar-refractivity contribution < 1.29 is 9.59 Å². The molecule has 2 amide bonds. The van der Waals surface area contributed by atoms with E-state index in [9.17, 15) is 9.59 Å². The Morgan fingerprint density at radius 1 is 1.00 bits per heavy atom. The molecule has 1 aromatic heterocycles. The average molecular weight is 413 g/mol. The molecule has 0 spiro atoms. The number of anilines is 1. The maximum Gasteiger partial charge on any atom is 0.251 e. The van der Waals surface area contributed by atoms with Crippen molar-refractivity contribution in [1.82, 2.24) is 15.1 Å². The number of aromatic nitrogens is 2. The number of nitrogens with one attached hydrogen (secondary N) is 2. The van der Waals surface area contributed by atoms with Crippen molar-refractivity contribution in [2.24, 2.45) is 0 Å². The molecule has 3 aromatic rings. The molecule has 0 atom stereocenters. The topological polar surface area (TPSA) is 76.0 Å². The van der Waals surface area contributed by atoms with Gasteiger partial charge in [-0.05, 0) is 36.4 Å². The summed E-state index contributed by atoms with van der Waals surface area (Å²) >= 11 is 3.32. The summed E-state index contributed by atoms with van der Waals surface area (Å²) in [5, 5.41) is 9.76. The van der Waals surface area contributed by atoms with Crippen LogP contribution >= 0.6 is 15.9 Å². The van der Waals surface area contributed by atoms with Crippen molar-refractivity contribution in [3.05, 3.63) is 76.9 Å². The molecular weight excluding hydrogens is 396 g/mol. The van der Waals surface area contributed by atoms with E-state index in [1.165, 1.54) is 0 Å². The van der Waals surface area contributed by atoms with Gasteiger partial charge in [0.2, 0.25) is 5.91 Å². The molecular formula is C19H17BrN4O2. The van der Waals surface area contributed by atoms with Gasteiger partial charge in [-0.3, -0.25) is 9.59 Å². The normalized spacial score (nSPS) is 10.3. The highest BCUT2D eigenvalue weighted by Crippen LogP contribution is 2.11. The third-order valence-corrected chi connectivity index (χ3v) is 4.15. The number of carbonyl (C=O) groups is 2. The molecule has 7 heteroatoms. The highest BCUT2D eigenvalue weighted by molar-refractivity contribution is 9.10. The van der Waals surface area contributed by atoms with Gasteiger partial charge in [0.15, 0.2) is 5.82 Å². The summed E-state index contributed by atoms with van der Waals surface area (Å²) in [6.45, 7) is 0.250. The number of hydrogen-bond acceptors (Lipinski definition) is 3. The number of rotatable bonds is 6. The fraction of sp³-hybridized carbons (Fsp3) is 0.105. The van der Waals surface area contributed by atoms with Crippen molar-refractivity contribution in [3.8, 4) is 5.69 Å². The summed E-state index contributed by atoms with van der Waals surface area (Å²) in [5.41, 5.74) is 1.46. The van der Waals surface area contributed by atoms with Gasteiger partial charge in [0.05, 0.1) is 5.69 Å². The zero-order valence-electron chi connectivity index (χ0n) is 13.9. The summed E-state index contributed by atoms with van der Waals surface area (Å²) in [6.07, 6.45) is 1.95. The number of benzene rings is 2. The molecule has 3 rings (SSSR count). The Kier molecular flexibility index (Phi) is 5.80. The number of carbonyl (C=O) groups excluding carboxylic acids is 2. The van der Waals surface area contributed by atoms with Crippen LogP contribution in [-0.4, -0.2) is 28.1 Å². The van der Waals surface area contributed by atoms with E-state index < -0.39 is 0 Å². The maximum atomic E-state index is 12.0. The molecule has 0 saturated heterocycles. The van der Waals surface area contributed by atoms with Crippen LogP contribution in [0.25, 0.3) is 5.69 Å². The van der Waals surface area contributed by atoms with Crippen molar-refractivity contribution in [2.45, 2.75) is 6.42 Å². The van der Waals surface area contributed by atoms with E-state index in [2.05, 4.69) is 31.7 Å². The Bertz CT molecular complexity index is 891. The number of amides is 2. The molecule has 6 nitrogen and oxygen atoms in total. The first kappa shape index (κ1) is 17.9. The molecule has 0 bridgehead atoms. The van der Waals surface area contributed by atoms with Crippen LogP contribution in [0.15, 0.2) is 71.3 Å². The molecule has 26 heavy (non-hydrogen) atoms. The number of nitrogens with zero attached hydrogens (tertiary/aromatic N) is 2. The molecule has 2 aromatic carbocycles. The molecule has 0 fully saturated rings. The Labute approximate surface area is 159 Å². The van der Waals surface area contributed by atoms with E-state index in [-0.39, 0.29) is 24.8 Å². The van der Waals surface area contributed by atoms with Gasteiger partial charge in [-0.1, -0.05) is 34.1 Å². The van der Waals surface area contributed by atoms with Gasteiger partial charge in [0, 0.05) is 35.3 Å². The van der Waals surface area contributed by atoms with Gasteiger partial charge in [0.25, 0.3) is 5.91 Å². The van der Waals surface area contributed by atoms with Crippen LogP contribution in [-0.2, 0) is 4.79 Å². The van der Waals surface area contributed by atoms with E-state index >= 15 is 0 Å².